The summed E-state index contributed by atoms with van der Waals surface area (Å²) in [7, 11) is 0. The van der Waals surface area contributed by atoms with Crippen molar-refractivity contribution in [1.82, 2.24) is 15.0 Å². The first-order valence-electron chi connectivity index (χ1n) is 6.38. The van der Waals surface area contributed by atoms with E-state index in [1.54, 1.807) is 6.92 Å². The zero-order valence-electron chi connectivity index (χ0n) is 12.1. The topological polar surface area (TPSA) is 76.0 Å². The van der Waals surface area contributed by atoms with E-state index in [0.29, 0.717) is 17.5 Å². The first-order valence-corrected chi connectivity index (χ1v) is 6.38. The van der Waals surface area contributed by atoms with Gasteiger partial charge in [0.15, 0.2) is 5.82 Å². The fourth-order valence-corrected chi connectivity index (χ4v) is 2.40. The Balaban J connectivity index is 2.58. The average molecular weight is 271 g/mol. The van der Waals surface area contributed by atoms with Gasteiger partial charge in [-0.1, -0.05) is 17.7 Å². The van der Waals surface area contributed by atoms with E-state index in [0.717, 1.165) is 16.7 Å². The highest BCUT2D eigenvalue weighted by atomic mass is 16.4. The number of nitrogens with zero attached hydrogens (tertiary/aromatic N) is 3. The summed E-state index contributed by atoms with van der Waals surface area (Å²) in [6.07, 6.45) is -0.194. The molecule has 0 spiro atoms. The molecule has 20 heavy (non-hydrogen) atoms. The number of benzene rings is 1. The first kappa shape index (κ1) is 14.1. The van der Waals surface area contributed by atoms with E-state index >= 15 is 0 Å². The fraction of sp³-hybridized carbons (Fsp3) is 0.333. The molecule has 2 rings (SSSR count). The molecular weight excluding hydrogens is 254 g/mol. The molecule has 0 amide bonds. The van der Waals surface area contributed by atoms with Gasteiger partial charge in [-0.05, 0) is 38.8 Å². The summed E-state index contributed by atoms with van der Waals surface area (Å²) in [5, 5.41) is 8.86. The summed E-state index contributed by atoms with van der Waals surface area (Å²) in [5.74, 6) is 0.424. The van der Waals surface area contributed by atoms with Crippen molar-refractivity contribution in [3.05, 3.63) is 40.5 Å². The van der Waals surface area contributed by atoms with Crippen LogP contribution in [0.25, 0.3) is 11.4 Å². The van der Waals surface area contributed by atoms with Gasteiger partial charge in [0.25, 0.3) is 0 Å². The van der Waals surface area contributed by atoms with Crippen LogP contribution in [0.2, 0.25) is 0 Å². The molecular formula is C15H17N3O2. The van der Waals surface area contributed by atoms with E-state index in [9.17, 15) is 4.79 Å². The minimum Gasteiger partial charge on any atom is -0.481 e. The van der Waals surface area contributed by atoms with Crippen LogP contribution in [0.4, 0.5) is 0 Å². The Labute approximate surface area is 117 Å². The smallest absolute Gasteiger partial charge is 0.311 e. The highest BCUT2D eigenvalue weighted by Crippen LogP contribution is 2.25. The summed E-state index contributed by atoms with van der Waals surface area (Å²) < 4.78 is 0. The molecule has 0 fully saturated rings. The molecule has 0 radical (unpaired) electrons. The maximum Gasteiger partial charge on any atom is 0.311 e. The molecule has 5 nitrogen and oxygen atoms in total. The van der Waals surface area contributed by atoms with Gasteiger partial charge in [-0.25, -0.2) is 15.0 Å². The molecule has 0 aliphatic rings. The molecule has 1 heterocycles. The zero-order chi connectivity index (χ0) is 14.9. The quantitative estimate of drug-likeness (QED) is 0.927. The van der Waals surface area contributed by atoms with Crippen LogP contribution in [-0.2, 0) is 11.2 Å². The summed E-state index contributed by atoms with van der Waals surface area (Å²) in [4.78, 5) is 23.5. The Bertz CT molecular complexity index is 658. The molecule has 1 aromatic carbocycles. The van der Waals surface area contributed by atoms with Crippen molar-refractivity contribution in [2.75, 3.05) is 0 Å². The molecule has 1 N–H and O–H groups in total. The summed E-state index contributed by atoms with van der Waals surface area (Å²) in [6, 6.07) is 4.14. The molecule has 5 heteroatoms. The van der Waals surface area contributed by atoms with Crippen molar-refractivity contribution in [3.8, 4) is 11.4 Å². The lowest BCUT2D eigenvalue weighted by molar-refractivity contribution is -0.136. The molecule has 0 atom stereocenters. The monoisotopic (exact) mass is 271 g/mol. The molecule has 0 saturated carbocycles. The number of aliphatic carboxylic acids is 1. The number of carboxylic acid groups (broad SMARTS) is 1. The Hall–Kier alpha value is -2.30. The van der Waals surface area contributed by atoms with Crippen molar-refractivity contribution < 1.29 is 9.90 Å². The Morgan fingerprint density at radius 3 is 2.20 bits per heavy atom. The van der Waals surface area contributed by atoms with Gasteiger partial charge in [-0.15, -0.1) is 0 Å². The highest BCUT2D eigenvalue weighted by molar-refractivity contribution is 5.70. The van der Waals surface area contributed by atoms with Crippen LogP contribution >= 0.6 is 0 Å². The second-order valence-electron chi connectivity index (χ2n) is 4.97. The van der Waals surface area contributed by atoms with Gasteiger partial charge in [0.1, 0.15) is 18.1 Å². The molecule has 0 aliphatic heterocycles. The number of rotatable bonds is 3. The van der Waals surface area contributed by atoms with E-state index in [4.69, 9.17) is 5.11 Å². The lowest BCUT2D eigenvalue weighted by Crippen LogP contribution is -2.09. The average Bonchev–Trinajstić information content (AvgIpc) is 2.25. The van der Waals surface area contributed by atoms with Gasteiger partial charge in [-0.2, -0.15) is 0 Å². The molecule has 0 unspecified atom stereocenters. The third-order valence-electron chi connectivity index (χ3n) is 3.00. The Morgan fingerprint density at radius 1 is 1.05 bits per heavy atom. The van der Waals surface area contributed by atoms with Crippen LogP contribution < -0.4 is 0 Å². The number of hydrogen-bond acceptors (Lipinski definition) is 4. The minimum absolute atomic E-state index is 0.194. The Morgan fingerprint density at radius 2 is 1.65 bits per heavy atom. The van der Waals surface area contributed by atoms with E-state index in [1.807, 2.05) is 20.8 Å². The maximum atomic E-state index is 10.8. The number of hydrogen-bond donors (Lipinski definition) is 1. The predicted octanol–water partition coefficient (Wildman–Crippen LogP) is 2.40. The molecule has 0 aliphatic carbocycles. The van der Waals surface area contributed by atoms with E-state index in [2.05, 4.69) is 27.1 Å². The number of carbonyl (C=O) groups is 1. The van der Waals surface area contributed by atoms with Crippen molar-refractivity contribution in [2.24, 2.45) is 0 Å². The summed E-state index contributed by atoms with van der Waals surface area (Å²) in [5.41, 5.74) is 4.29. The van der Waals surface area contributed by atoms with E-state index < -0.39 is 5.97 Å². The molecule has 2 aromatic rings. The van der Waals surface area contributed by atoms with Gasteiger partial charge >= 0.3 is 5.97 Å². The molecule has 0 saturated heterocycles. The molecule has 1 aromatic heterocycles. The van der Waals surface area contributed by atoms with Crippen LogP contribution in [0.5, 0.6) is 0 Å². The number of aryl methyl sites for hydroxylation is 4. The van der Waals surface area contributed by atoms with Crippen molar-refractivity contribution in [2.45, 2.75) is 34.1 Å². The van der Waals surface area contributed by atoms with Crippen molar-refractivity contribution in [1.29, 1.82) is 0 Å². The first-order chi connectivity index (χ1) is 9.36. The standard InChI is InChI=1S/C15H17N3O2/c1-8-5-9(2)14(10(3)6-8)15-17-11(4)16-12(18-15)7-13(19)20/h5-6H,7H2,1-4H3,(H,19,20). The summed E-state index contributed by atoms with van der Waals surface area (Å²) in [6.45, 7) is 7.80. The lowest BCUT2D eigenvalue weighted by atomic mass is 9.99. The number of aromatic nitrogens is 3. The summed E-state index contributed by atoms with van der Waals surface area (Å²) >= 11 is 0. The molecule has 0 bridgehead atoms. The van der Waals surface area contributed by atoms with E-state index in [-0.39, 0.29) is 6.42 Å². The van der Waals surface area contributed by atoms with E-state index in [1.165, 1.54) is 5.56 Å². The van der Waals surface area contributed by atoms with Crippen LogP contribution in [0.15, 0.2) is 12.1 Å². The Kier molecular flexibility index (Phi) is 3.79. The van der Waals surface area contributed by atoms with Crippen LogP contribution in [0.3, 0.4) is 0 Å². The zero-order valence-corrected chi connectivity index (χ0v) is 12.1. The van der Waals surface area contributed by atoms with Gasteiger partial charge < -0.3 is 5.11 Å². The fourth-order valence-electron chi connectivity index (χ4n) is 2.40. The normalized spacial score (nSPS) is 10.6. The SMILES string of the molecule is Cc1cc(C)c(-c2nc(C)nc(CC(=O)O)n2)c(C)c1. The molecule has 104 valence electrons. The van der Waals surface area contributed by atoms with Gasteiger partial charge in [0.2, 0.25) is 0 Å². The second kappa shape index (κ2) is 5.36. The maximum absolute atomic E-state index is 10.8. The van der Waals surface area contributed by atoms with Gasteiger partial charge in [0.05, 0.1) is 0 Å². The highest BCUT2D eigenvalue weighted by Gasteiger charge is 2.13. The largest absolute Gasteiger partial charge is 0.481 e. The third-order valence-corrected chi connectivity index (χ3v) is 3.00. The number of carboxylic acids is 1. The van der Waals surface area contributed by atoms with Gasteiger partial charge in [-0.3, -0.25) is 4.79 Å². The predicted molar refractivity (Wildman–Crippen MR) is 75.6 cm³/mol. The van der Waals surface area contributed by atoms with Crippen molar-refractivity contribution in [3.63, 3.8) is 0 Å². The van der Waals surface area contributed by atoms with Gasteiger partial charge in [0, 0.05) is 5.56 Å². The second-order valence-corrected chi connectivity index (χ2v) is 4.97. The minimum atomic E-state index is -0.945. The van der Waals surface area contributed by atoms with Crippen LogP contribution in [0.1, 0.15) is 28.3 Å². The van der Waals surface area contributed by atoms with Crippen LogP contribution in [0, 0.1) is 27.7 Å². The van der Waals surface area contributed by atoms with Crippen molar-refractivity contribution >= 4 is 5.97 Å². The third kappa shape index (κ3) is 2.99. The van der Waals surface area contributed by atoms with Crippen LogP contribution in [-0.4, -0.2) is 26.0 Å². The lowest BCUT2D eigenvalue weighted by Gasteiger charge is -2.11.